The first-order chi connectivity index (χ1) is 15.0. The van der Waals surface area contributed by atoms with E-state index in [4.69, 9.17) is 4.74 Å². The number of rotatable bonds is 5. The molecule has 0 saturated carbocycles. The number of H-pyrrole nitrogens is 1. The van der Waals surface area contributed by atoms with Crippen molar-refractivity contribution in [3.05, 3.63) is 76.2 Å². The van der Waals surface area contributed by atoms with Crippen LogP contribution in [-0.2, 0) is 23.0 Å². The minimum absolute atomic E-state index is 0.0842. The largest absolute Gasteiger partial charge is 0.507 e. The number of carbonyl (C=O) groups excluding carboxylic acids is 1. The Kier molecular flexibility index (Phi) is 5.20. The normalized spacial score (nSPS) is 11.9. The number of nitrogens with one attached hydrogen (secondary N) is 1. The van der Waals surface area contributed by atoms with Gasteiger partial charge in [-0.3, -0.25) is 9.59 Å². The van der Waals surface area contributed by atoms with E-state index in [1.54, 1.807) is 41.9 Å². The maximum Gasteiger partial charge on any atom is 0.312 e. The highest BCUT2D eigenvalue weighted by Crippen LogP contribution is 2.22. The molecule has 0 aliphatic rings. The van der Waals surface area contributed by atoms with Crippen molar-refractivity contribution in [3.8, 4) is 6.07 Å². The number of fused-ring (bicyclic) bond motifs is 2. The van der Waals surface area contributed by atoms with Crippen LogP contribution in [0.2, 0.25) is 0 Å². The molecule has 0 radical (unpaired) electrons. The Hall–Kier alpha value is -4.45. The minimum atomic E-state index is -0.668. The van der Waals surface area contributed by atoms with Crippen molar-refractivity contribution < 1.29 is 14.6 Å². The van der Waals surface area contributed by atoms with Crippen molar-refractivity contribution in [1.29, 1.82) is 5.26 Å². The van der Waals surface area contributed by atoms with Gasteiger partial charge in [0.2, 0.25) is 0 Å². The molecule has 9 heteroatoms. The predicted molar refractivity (Wildman–Crippen MR) is 113 cm³/mol. The molecule has 0 fully saturated rings. The lowest BCUT2D eigenvalue weighted by Crippen LogP contribution is -2.16. The summed E-state index contributed by atoms with van der Waals surface area (Å²) in [5.74, 6) is -0.808. The topological polar surface area (TPSA) is 134 Å². The van der Waals surface area contributed by atoms with Crippen LogP contribution >= 0.6 is 0 Å². The zero-order valence-corrected chi connectivity index (χ0v) is 16.5. The van der Waals surface area contributed by atoms with E-state index in [0.29, 0.717) is 22.0 Å². The van der Waals surface area contributed by atoms with Gasteiger partial charge in [-0.2, -0.15) is 10.4 Å². The van der Waals surface area contributed by atoms with Crippen molar-refractivity contribution >= 4 is 33.3 Å². The molecule has 0 saturated heterocycles. The number of aromatic amines is 1. The number of benzene rings is 2. The van der Waals surface area contributed by atoms with Crippen LogP contribution in [0.15, 0.2) is 59.1 Å². The summed E-state index contributed by atoms with van der Waals surface area (Å²) in [7, 11) is 1.73. The fraction of sp³-hybridized carbons (Fsp3) is 0.136. The number of nitrogens with zero attached hydrogens (tertiary/aromatic N) is 4. The van der Waals surface area contributed by atoms with Gasteiger partial charge in [0.1, 0.15) is 18.2 Å². The van der Waals surface area contributed by atoms with Crippen LogP contribution in [0.1, 0.15) is 11.5 Å². The molecule has 0 atom stereocenters. The van der Waals surface area contributed by atoms with Gasteiger partial charge >= 0.3 is 5.97 Å². The molecule has 0 aliphatic carbocycles. The van der Waals surface area contributed by atoms with E-state index in [2.05, 4.69) is 15.2 Å². The summed E-state index contributed by atoms with van der Waals surface area (Å²) in [6.07, 6.45) is -0.210. The lowest BCUT2D eigenvalue weighted by molar-refractivity contribution is -0.142. The molecule has 154 valence electrons. The molecular weight excluding hydrogens is 398 g/mol. The summed E-state index contributed by atoms with van der Waals surface area (Å²) in [4.78, 5) is 28.5. The molecule has 4 aromatic rings. The number of ether oxygens (including phenoxy) is 1. The van der Waals surface area contributed by atoms with E-state index in [1.165, 1.54) is 0 Å². The van der Waals surface area contributed by atoms with Crippen molar-refractivity contribution in [1.82, 2.24) is 19.7 Å². The van der Waals surface area contributed by atoms with E-state index < -0.39 is 18.3 Å². The first-order valence-corrected chi connectivity index (χ1v) is 9.35. The SMILES string of the molecule is Cn1c(/C(C#N)=C(\O)COC(=O)Cc2n[nH]c(=O)c3ccccc23)nc2ccccc21. The highest BCUT2D eigenvalue weighted by molar-refractivity contribution is 5.87. The number of aryl methyl sites for hydroxylation is 1. The van der Waals surface area contributed by atoms with Gasteiger partial charge in [0.25, 0.3) is 5.56 Å². The fourth-order valence-electron chi connectivity index (χ4n) is 3.33. The predicted octanol–water partition coefficient (Wildman–Crippen LogP) is 2.39. The number of aromatic nitrogens is 4. The number of allylic oxidation sites excluding steroid dienone is 1. The molecule has 4 rings (SSSR count). The summed E-state index contributed by atoms with van der Waals surface area (Å²) < 4.78 is 6.82. The molecule has 0 bridgehead atoms. The van der Waals surface area contributed by atoms with Crippen LogP contribution in [0, 0.1) is 11.3 Å². The fourth-order valence-corrected chi connectivity index (χ4v) is 3.33. The van der Waals surface area contributed by atoms with Crippen molar-refractivity contribution in [3.63, 3.8) is 0 Å². The maximum absolute atomic E-state index is 12.3. The molecule has 2 aromatic carbocycles. The van der Waals surface area contributed by atoms with E-state index in [1.807, 2.05) is 24.3 Å². The second-order valence-electron chi connectivity index (χ2n) is 6.80. The lowest BCUT2D eigenvalue weighted by Gasteiger charge is -2.08. The van der Waals surface area contributed by atoms with E-state index >= 15 is 0 Å². The molecule has 2 N–H and O–H groups in total. The molecule has 31 heavy (non-hydrogen) atoms. The number of hydrogen-bond donors (Lipinski definition) is 2. The first-order valence-electron chi connectivity index (χ1n) is 9.35. The van der Waals surface area contributed by atoms with Gasteiger partial charge in [-0.05, 0) is 18.2 Å². The van der Waals surface area contributed by atoms with Gasteiger partial charge in [-0.1, -0.05) is 30.3 Å². The number of carbonyl (C=O) groups is 1. The smallest absolute Gasteiger partial charge is 0.312 e. The van der Waals surface area contributed by atoms with Crippen LogP contribution in [0.3, 0.4) is 0 Å². The van der Waals surface area contributed by atoms with Gasteiger partial charge in [0.15, 0.2) is 11.6 Å². The van der Waals surface area contributed by atoms with Gasteiger partial charge in [-0.15, -0.1) is 0 Å². The number of aliphatic hydroxyl groups excluding tert-OH is 1. The number of hydrogen-bond acceptors (Lipinski definition) is 7. The second kappa shape index (κ2) is 8.12. The lowest BCUT2D eigenvalue weighted by atomic mass is 10.1. The van der Waals surface area contributed by atoms with Gasteiger partial charge < -0.3 is 14.4 Å². The summed E-state index contributed by atoms with van der Waals surface area (Å²) in [5.41, 5.74) is 1.38. The quantitative estimate of drug-likeness (QED) is 0.290. The Morgan fingerprint density at radius 1 is 1.19 bits per heavy atom. The molecule has 0 unspecified atom stereocenters. The van der Waals surface area contributed by atoms with Crippen molar-refractivity contribution in [2.75, 3.05) is 6.61 Å². The molecule has 0 aliphatic heterocycles. The first kappa shape index (κ1) is 19.8. The van der Waals surface area contributed by atoms with E-state index in [9.17, 15) is 20.0 Å². The minimum Gasteiger partial charge on any atom is -0.507 e. The average molecular weight is 415 g/mol. The van der Waals surface area contributed by atoms with Gasteiger partial charge in [-0.25, -0.2) is 10.1 Å². The van der Waals surface area contributed by atoms with Gasteiger partial charge in [0, 0.05) is 12.4 Å². The third kappa shape index (κ3) is 3.74. The Bertz CT molecular complexity index is 1440. The number of para-hydroxylation sites is 2. The molecule has 9 nitrogen and oxygen atoms in total. The van der Waals surface area contributed by atoms with E-state index in [-0.39, 0.29) is 23.4 Å². The van der Waals surface area contributed by atoms with Crippen LogP contribution in [0.5, 0.6) is 0 Å². The van der Waals surface area contributed by atoms with Crippen LogP contribution in [0.4, 0.5) is 0 Å². The standard InChI is InChI=1S/C22H17N5O4/c1-27-18-9-5-4-8-16(18)24-21(27)15(11-23)19(28)12-31-20(29)10-17-13-6-2-3-7-14(13)22(30)26-25-17/h2-9,28H,10,12H2,1H3,(H,26,30)/b19-15-. The highest BCUT2D eigenvalue weighted by Gasteiger charge is 2.18. The molecule has 2 aromatic heterocycles. The number of aliphatic hydroxyl groups is 1. The summed E-state index contributed by atoms with van der Waals surface area (Å²) >= 11 is 0. The zero-order chi connectivity index (χ0) is 22.0. The van der Waals surface area contributed by atoms with Gasteiger partial charge in [0.05, 0.1) is 28.5 Å². The van der Waals surface area contributed by atoms with Crippen molar-refractivity contribution in [2.45, 2.75) is 6.42 Å². The molecule has 0 amide bonds. The summed E-state index contributed by atoms with van der Waals surface area (Å²) in [5, 5.41) is 27.2. The number of esters is 1. The molecule has 2 heterocycles. The second-order valence-corrected chi connectivity index (χ2v) is 6.80. The monoisotopic (exact) mass is 415 g/mol. The maximum atomic E-state index is 12.3. The Labute approximate surface area is 175 Å². The zero-order valence-electron chi connectivity index (χ0n) is 16.5. The van der Waals surface area contributed by atoms with Crippen LogP contribution in [0.25, 0.3) is 27.4 Å². The Morgan fingerprint density at radius 2 is 1.90 bits per heavy atom. The summed E-state index contributed by atoms with van der Waals surface area (Å²) in [6, 6.07) is 16.0. The third-order valence-electron chi connectivity index (χ3n) is 4.87. The number of nitriles is 1. The molecular formula is C22H17N5O4. The van der Waals surface area contributed by atoms with Crippen molar-refractivity contribution in [2.24, 2.45) is 7.05 Å². The average Bonchev–Trinajstić information content (AvgIpc) is 3.11. The van der Waals surface area contributed by atoms with Crippen LogP contribution in [-0.4, -0.2) is 37.4 Å². The number of imidazole rings is 1. The third-order valence-corrected chi connectivity index (χ3v) is 4.87. The highest BCUT2D eigenvalue weighted by atomic mass is 16.5. The Morgan fingerprint density at radius 3 is 2.65 bits per heavy atom. The Balaban J connectivity index is 1.54. The van der Waals surface area contributed by atoms with E-state index in [0.717, 1.165) is 5.52 Å². The van der Waals surface area contributed by atoms with Crippen LogP contribution < -0.4 is 5.56 Å². The summed E-state index contributed by atoms with van der Waals surface area (Å²) in [6.45, 7) is -0.494. The molecule has 0 spiro atoms.